The maximum absolute atomic E-state index is 5.52. The summed E-state index contributed by atoms with van der Waals surface area (Å²) in [6, 6.07) is 8.23. The van der Waals surface area contributed by atoms with Crippen LogP contribution in [0.5, 0.6) is 5.75 Å². The molecular formula is C14H21O2. The second-order valence-electron chi connectivity index (χ2n) is 4.74. The van der Waals surface area contributed by atoms with E-state index in [1.54, 1.807) is 0 Å². The molecule has 0 bridgehead atoms. The Morgan fingerprint density at radius 1 is 1.06 bits per heavy atom. The molecule has 0 heterocycles. The Morgan fingerprint density at radius 2 is 1.69 bits per heavy atom. The van der Waals surface area contributed by atoms with Gasteiger partial charge in [0.2, 0.25) is 0 Å². The highest BCUT2D eigenvalue weighted by molar-refractivity contribution is 5.31. The van der Waals surface area contributed by atoms with Gasteiger partial charge < -0.3 is 9.47 Å². The number of rotatable bonds is 5. The Morgan fingerprint density at radius 3 is 2.19 bits per heavy atom. The van der Waals surface area contributed by atoms with Crippen LogP contribution >= 0.6 is 0 Å². The van der Waals surface area contributed by atoms with Gasteiger partial charge in [0, 0.05) is 6.61 Å². The molecule has 0 fully saturated rings. The van der Waals surface area contributed by atoms with Crippen LogP contribution in [0.4, 0.5) is 0 Å². The van der Waals surface area contributed by atoms with Crippen molar-refractivity contribution in [1.29, 1.82) is 0 Å². The molecule has 0 unspecified atom stereocenters. The maximum atomic E-state index is 5.52. The minimum Gasteiger partial charge on any atom is -0.491 e. The van der Waals surface area contributed by atoms with E-state index in [2.05, 4.69) is 39.8 Å². The quantitative estimate of drug-likeness (QED) is 0.711. The molecule has 0 aliphatic carbocycles. The molecule has 2 nitrogen and oxygen atoms in total. The first-order chi connectivity index (χ1) is 7.54. The fourth-order valence-corrected chi connectivity index (χ4v) is 1.37. The Labute approximate surface area is 98.6 Å². The molecular weight excluding hydrogens is 200 g/mol. The van der Waals surface area contributed by atoms with Crippen molar-refractivity contribution in [2.24, 2.45) is 0 Å². The lowest BCUT2D eigenvalue weighted by molar-refractivity contribution is 0.120. The summed E-state index contributed by atoms with van der Waals surface area (Å²) in [6.07, 6.45) is 0. The zero-order valence-corrected chi connectivity index (χ0v) is 10.5. The molecule has 0 atom stereocenters. The van der Waals surface area contributed by atoms with Crippen LogP contribution in [0.2, 0.25) is 0 Å². The Balaban J connectivity index is 2.46. The van der Waals surface area contributed by atoms with Gasteiger partial charge in [-0.15, -0.1) is 0 Å². The maximum Gasteiger partial charge on any atom is 0.119 e. The van der Waals surface area contributed by atoms with Gasteiger partial charge in [0.15, 0.2) is 0 Å². The van der Waals surface area contributed by atoms with E-state index in [1.807, 2.05) is 12.1 Å². The highest BCUT2D eigenvalue weighted by atomic mass is 16.5. The van der Waals surface area contributed by atoms with Gasteiger partial charge in [-0.3, -0.25) is 0 Å². The van der Waals surface area contributed by atoms with Crippen molar-refractivity contribution in [1.82, 2.24) is 0 Å². The molecule has 0 amide bonds. The van der Waals surface area contributed by atoms with E-state index in [1.165, 1.54) is 5.56 Å². The first-order valence-electron chi connectivity index (χ1n) is 5.64. The fraction of sp³-hybridized carbons (Fsp3) is 0.500. The van der Waals surface area contributed by atoms with Crippen molar-refractivity contribution in [3.8, 4) is 5.75 Å². The summed E-state index contributed by atoms with van der Waals surface area (Å²) in [5.74, 6) is 0.890. The van der Waals surface area contributed by atoms with Gasteiger partial charge in [-0.25, -0.2) is 0 Å². The molecule has 0 saturated carbocycles. The minimum absolute atomic E-state index is 0.190. The minimum atomic E-state index is 0.190. The standard InChI is InChI=1S/C14H21O2/c1-5-15-10-11-16-13-8-6-12(7-9-13)14(2,3)4/h6-9H,1,5,10-11H2,2-4H3. The number of benzene rings is 1. The molecule has 1 aromatic carbocycles. The topological polar surface area (TPSA) is 18.5 Å². The summed E-state index contributed by atoms with van der Waals surface area (Å²) in [6.45, 7) is 11.8. The normalized spacial score (nSPS) is 11.5. The molecule has 1 aromatic rings. The summed E-state index contributed by atoms with van der Waals surface area (Å²) in [7, 11) is 0. The SMILES string of the molecule is [CH2]COCCOc1ccc(C(C)(C)C)cc1. The monoisotopic (exact) mass is 221 g/mol. The largest absolute Gasteiger partial charge is 0.491 e. The number of hydrogen-bond donors (Lipinski definition) is 0. The Hall–Kier alpha value is -1.02. The lowest BCUT2D eigenvalue weighted by Gasteiger charge is -2.19. The Bertz CT molecular complexity index is 296. The molecule has 89 valence electrons. The van der Waals surface area contributed by atoms with Gasteiger partial charge in [0.25, 0.3) is 0 Å². The lowest BCUT2D eigenvalue weighted by atomic mass is 9.87. The average Bonchev–Trinajstić information content (AvgIpc) is 2.24. The van der Waals surface area contributed by atoms with E-state index < -0.39 is 0 Å². The smallest absolute Gasteiger partial charge is 0.119 e. The highest BCUT2D eigenvalue weighted by Crippen LogP contribution is 2.24. The van der Waals surface area contributed by atoms with E-state index in [0.29, 0.717) is 19.8 Å². The van der Waals surface area contributed by atoms with Crippen molar-refractivity contribution >= 4 is 0 Å². The second-order valence-corrected chi connectivity index (χ2v) is 4.74. The third kappa shape index (κ3) is 4.23. The van der Waals surface area contributed by atoms with Gasteiger partial charge >= 0.3 is 0 Å². The molecule has 0 aliphatic heterocycles. The zero-order chi connectivity index (χ0) is 12.0. The third-order valence-electron chi connectivity index (χ3n) is 2.36. The molecule has 2 heteroatoms. The van der Waals surface area contributed by atoms with Crippen LogP contribution in [-0.4, -0.2) is 19.8 Å². The molecule has 0 aliphatic rings. The summed E-state index contributed by atoms with van der Waals surface area (Å²) in [5.41, 5.74) is 1.50. The van der Waals surface area contributed by atoms with Crippen LogP contribution in [0.3, 0.4) is 0 Å². The van der Waals surface area contributed by atoms with Crippen molar-refractivity contribution in [2.75, 3.05) is 19.8 Å². The van der Waals surface area contributed by atoms with Crippen LogP contribution in [0, 0.1) is 6.92 Å². The fourth-order valence-electron chi connectivity index (χ4n) is 1.37. The van der Waals surface area contributed by atoms with Crippen molar-refractivity contribution < 1.29 is 9.47 Å². The van der Waals surface area contributed by atoms with E-state index in [9.17, 15) is 0 Å². The van der Waals surface area contributed by atoms with Crippen molar-refractivity contribution in [3.63, 3.8) is 0 Å². The molecule has 1 rings (SSSR count). The van der Waals surface area contributed by atoms with E-state index in [-0.39, 0.29) is 5.41 Å². The van der Waals surface area contributed by atoms with Crippen LogP contribution < -0.4 is 4.74 Å². The van der Waals surface area contributed by atoms with Crippen LogP contribution in [0.25, 0.3) is 0 Å². The molecule has 0 N–H and O–H groups in total. The highest BCUT2D eigenvalue weighted by Gasteiger charge is 2.12. The van der Waals surface area contributed by atoms with E-state index >= 15 is 0 Å². The van der Waals surface area contributed by atoms with Gasteiger partial charge in [0.1, 0.15) is 12.4 Å². The van der Waals surface area contributed by atoms with Crippen LogP contribution in [0.1, 0.15) is 26.3 Å². The molecule has 16 heavy (non-hydrogen) atoms. The van der Waals surface area contributed by atoms with E-state index in [4.69, 9.17) is 9.47 Å². The predicted octanol–water partition coefficient (Wildman–Crippen LogP) is 3.21. The van der Waals surface area contributed by atoms with Crippen LogP contribution in [-0.2, 0) is 10.2 Å². The molecule has 0 aromatic heterocycles. The van der Waals surface area contributed by atoms with Gasteiger partial charge in [-0.2, -0.15) is 0 Å². The van der Waals surface area contributed by atoms with Gasteiger partial charge in [-0.1, -0.05) is 32.9 Å². The van der Waals surface area contributed by atoms with Gasteiger partial charge in [0.05, 0.1) is 6.61 Å². The van der Waals surface area contributed by atoms with E-state index in [0.717, 1.165) is 5.75 Å². The van der Waals surface area contributed by atoms with Crippen LogP contribution in [0.15, 0.2) is 24.3 Å². The second kappa shape index (κ2) is 5.90. The molecule has 0 saturated heterocycles. The lowest BCUT2D eigenvalue weighted by Crippen LogP contribution is -2.11. The third-order valence-corrected chi connectivity index (χ3v) is 2.36. The summed E-state index contributed by atoms with van der Waals surface area (Å²) in [5, 5.41) is 0. The number of ether oxygens (including phenoxy) is 2. The zero-order valence-electron chi connectivity index (χ0n) is 10.5. The van der Waals surface area contributed by atoms with Crippen molar-refractivity contribution in [3.05, 3.63) is 36.8 Å². The molecule has 1 radical (unpaired) electrons. The first-order valence-corrected chi connectivity index (χ1v) is 5.64. The first kappa shape index (κ1) is 13.0. The summed E-state index contributed by atoms with van der Waals surface area (Å²) < 4.78 is 10.6. The van der Waals surface area contributed by atoms with Gasteiger partial charge in [-0.05, 0) is 30.0 Å². The molecule has 0 spiro atoms. The average molecular weight is 221 g/mol. The summed E-state index contributed by atoms with van der Waals surface area (Å²) >= 11 is 0. The van der Waals surface area contributed by atoms with Crippen molar-refractivity contribution in [2.45, 2.75) is 26.2 Å². The number of hydrogen-bond acceptors (Lipinski definition) is 2. The Kier molecular flexibility index (Phi) is 4.81. The predicted molar refractivity (Wildman–Crippen MR) is 66.8 cm³/mol. The summed E-state index contributed by atoms with van der Waals surface area (Å²) in [4.78, 5) is 0.